The van der Waals surface area contributed by atoms with Crippen molar-refractivity contribution in [1.29, 1.82) is 0 Å². The molecule has 0 radical (unpaired) electrons. The quantitative estimate of drug-likeness (QED) is 0.926. The van der Waals surface area contributed by atoms with Gasteiger partial charge in [0.1, 0.15) is 0 Å². The first-order valence-corrected chi connectivity index (χ1v) is 7.45. The number of carboxylic acid groups (broad SMARTS) is 1. The van der Waals surface area contributed by atoms with Crippen molar-refractivity contribution in [2.45, 2.75) is 26.8 Å². The van der Waals surface area contributed by atoms with Gasteiger partial charge in [0, 0.05) is 24.1 Å². The lowest BCUT2D eigenvalue weighted by Gasteiger charge is -2.35. The Bertz CT molecular complexity index is 475. The van der Waals surface area contributed by atoms with Gasteiger partial charge in [0.25, 0.3) is 0 Å². The van der Waals surface area contributed by atoms with Gasteiger partial charge < -0.3 is 5.11 Å². The van der Waals surface area contributed by atoms with E-state index in [0.717, 1.165) is 24.0 Å². The summed E-state index contributed by atoms with van der Waals surface area (Å²) in [6, 6.07) is 6.27. The summed E-state index contributed by atoms with van der Waals surface area (Å²) in [5.41, 5.74) is 2.53. The molecular formula is C15H20BrNO2. The van der Waals surface area contributed by atoms with Gasteiger partial charge in [0.15, 0.2) is 0 Å². The zero-order chi connectivity index (χ0) is 14.0. The number of halogens is 1. The van der Waals surface area contributed by atoms with E-state index in [1.807, 2.05) is 6.07 Å². The summed E-state index contributed by atoms with van der Waals surface area (Å²) in [6.07, 6.45) is 0.797. The molecule has 1 aliphatic heterocycles. The van der Waals surface area contributed by atoms with E-state index in [-0.39, 0.29) is 5.92 Å². The topological polar surface area (TPSA) is 40.5 Å². The van der Waals surface area contributed by atoms with E-state index < -0.39 is 5.97 Å². The van der Waals surface area contributed by atoms with Crippen LogP contribution in [0.3, 0.4) is 0 Å². The van der Waals surface area contributed by atoms with E-state index in [9.17, 15) is 9.90 Å². The van der Waals surface area contributed by atoms with E-state index >= 15 is 0 Å². The van der Waals surface area contributed by atoms with Crippen LogP contribution in [-0.4, -0.2) is 29.1 Å². The van der Waals surface area contributed by atoms with Crippen LogP contribution >= 0.6 is 15.9 Å². The number of likely N-dealkylation sites (tertiary alicyclic amines) is 1. The average Bonchev–Trinajstić information content (AvgIpc) is 2.32. The lowest BCUT2D eigenvalue weighted by atomic mass is 9.90. The van der Waals surface area contributed by atoms with E-state index in [1.54, 1.807) is 0 Å². The monoisotopic (exact) mass is 325 g/mol. The molecule has 1 fully saturated rings. The molecule has 1 aromatic rings. The molecule has 2 atom stereocenters. The third-order valence-electron chi connectivity index (χ3n) is 3.78. The Kier molecular flexibility index (Phi) is 4.63. The van der Waals surface area contributed by atoms with E-state index in [1.165, 1.54) is 11.1 Å². The lowest BCUT2D eigenvalue weighted by molar-refractivity contribution is -0.144. The summed E-state index contributed by atoms with van der Waals surface area (Å²) in [7, 11) is 0. The summed E-state index contributed by atoms with van der Waals surface area (Å²) >= 11 is 3.47. The molecule has 0 amide bonds. The van der Waals surface area contributed by atoms with Gasteiger partial charge in [-0.05, 0) is 42.5 Å². The van der Waals surface area contributed by atoms with E-state index in [2.05, 4.69) is 46.8 Å². The molecule has 0 aromatic heterocycles. The number of aliphatic carboxylic acids is 1. The number of hydrogen-bond acceptors (Lipinski definition) is 2. The third-order valence-corrected chi connectivity index (χ3v) is 4.28. The van der Waals surface area contributed by atoms with Gasteiger partial charge in [-0.15, -0.1) is 0 Å². The predicted octanol–water partition coefficient (Wildman–Crippen LogP) is 3.30. The van der Waals surface area contributed by atoms with Gasteiger partial charge in [-0.25, -0.2) is 0 Å². The molecule has 104 valence electrons. The Morgan fingerprint density at radius 3 is 2.84 bits per heavy atom. The number of carboxylic acids is 1. The highest BCUT2D eigenvalue weighted by atomic mass is 79.9. The Morgan fingerprint density at radius 2 is 2.21 bits per heavy atom. The third kappa shape index (κ3) is 3.80. The van der Waals surface area contributed by atoms with Gasteiger partial charge in [0.05, 0.1) is 5.92 Å². The Hall–Kier alpha value is -0.870. The Balaban J connectivity index is 2.07. The highest BCUT2D eigenvalue weighted by Crippen LogP contribution is 2.24. The smallest absolute Gasteiger partial charge is 0.307 e. The fraction of sp³-hybridized carbons (Fsp3) is 0.533. The van der Waals surface area contributed by atoms with Crippen LogP contribution in [0.2, 0.25) is 0 Å². The number of benzene rings is 1. The van der Waals surface area contributed by atoms with Crippen molar-refractivity contribution in [3.8, 4) is 0 Å². The maximum absolute atomic E-state index is 11.2. The van der Waals surface area contributed by atoms with Crippen molar-refractivity contribution in [3.63, 3.8) is 0 Å². The van der Waals surface area contributed by atoms with Gasteiger partial charge >= 0.3 is 5.97 Å². The summed E-state index contributed by atoms with van der Waals surface area (Å²) in [6.45, 7) is 6.72. The average molecular weight is 326 g/mol. The van der Waals surface area contributed by atoms with Crippen molar-refractivity contribution < 1.29 is 9.90 Å². The van der Waals surface area contributed by atoms with Crippen LogP contribution in [0.25, 0.3) is 0 Å². The Morgan fingerprint density at radius 1 is 1.47 bits per heavy atom. The SMILES string of the molecule is Cc1cc(Br)ccc1CN1CC(C)CC(C(=O)O)C1. The molecule has 3 nitrogen and oxygen atoms in total. The van der Waals surface area contributed by atoms with E-state index in [4.69, 9.17) is 0 Å². The maximum atomic E-state index is 11.2. The first-order chi connectivity index (χ1) is 8.95. The normalized spacial score (nSPS) is 24.4. The van der Waals surface area contributed by atoms with Crippen molar-refractivity contribution in [3.05, 3.63) is 33.8 Å². The first kappa shape index (κ1) is 14.5. The highest BCUT2D eigenvalue weighted by Gasteiger charge is 2.29. The van der Waals surface area contributed by atoms with Crippen molar-refractivity contribution in [2.75, 3.05) is 13.1 Å². The number of rotatable bonds is 3. The molecular weight excluding hydrogens is 306 g/mol. The van der Waals surface area contributed by atoms with Crippen LogP contribution in [0.1, 0.15) is 24.5 Å². The lowest BCUT2D eigenvalue weighted by Crippen LogP contribution is -2.42. The molecule has 2 rings (SSSR count). The second-order valence-corrected chi connectivity index (χ2v) is 6.56. The zero-order valence-corrected chi connectivity index (χ0v) is 13.0. The predicted molar refractivity (Wildman–Crippen MR) is 79.1 cm³/mol. The minimum atomic E-state index is -0.663. The summed E-state index contributed by atoms with van der Waals surface area (Å²) in [5, 5.41) is 9.20. The van der Waals surface area contributed by atoms with Crippen LogP contribution in [0.15, 0.2) is 22.7 Å². The van der Waals surface area contributed by atoms with Crippen LogP contribution in [-0.2, 0) is 11.3 Å². The summed E-state index contributed by atoms with van der Waals surface area (Å²) < 4.78 is 1.09. The largest absolute Gasteiger partial charge is 0.481 e. The molecule has 19 heavy (non-hydrogen) atoms. The van der Waals surface area contributed by atoms with E-state index in [0.29, 0.717) is 12.5 Å². The Labute approximate surface area is 122 Å². The molecule has 1 heterocycles. The van der Waals surface area contributed by atoms with Crippen molar-refractivity contribution in [2.24, 2.45) is 11.8 Å². The molecule has 0 aliphatic carbocycles. The highest BCUT2D eigenvalue weighted by molar-refractivity contribution is 9.10. The second kappa shape index (κ2) is 6.06. The molecule has 1 aromatic carbocycles. The number of carbonyl (C=O) groups is 1. The van der Waals surface area contributed by atoms with Crippen molar-refractivity contribution >= 4 is 21.9 Å². The molecule has 1 aliphatic rings. The molecule has 1 N–H and O–H groups in total. The number of hydrogen-bond donors (Lipinski definition) is 1. The zero-order valence-electron chi connectivity index (χ0n) is 11.4. The molecule has 2 unspecified atom stereocenters. The van der Waals surface area contributed by atoms with Crippen LogP contribution < -0.4 is 0 Å². The number of piperidine rings is 1. The second-order valence-electron chi connectivity index (χ2n) is 5.64. The number of nitrogens with zero attached hydrogens (tertiary/aromatic N) is 1. The maximum Gasteiger partial charge on any atom is 0.307 e. The van der Waals surface area contributed by atoms with Crippen molar-refractivity contribution in [1.82, 2.24) is 4.90 Å². The van der Waals surface area contributed by atoms with Crippen LogP contribution in [0.4, 0.5) is 0 Å². The fourth-order valence-corrected chi connectivity index (χ4v) is 3.32. The van der Waals surface area contributed by atoms with Crippen LogP contribution in [0.5, 0.6) is 0 Å². The van der Waals surface area contributed by atoms with Gasteiger partial charge in [-0.2, -0.15) is 0 Å². The number of aryl methyl sites for hydroxylation is 1. The summed E-state index contributed by atoms with van der Waals surface area (Å²) in [5.74, 6) is -0.436. The van der Waals surface area contributed by atoms with Gasteiger partial charge in [0.2, 0.25) is 0 Å². The molecule has 0 spiro atoms. The first-order valence-electron chi connectivity index (χ1n) is 6.66. The molecule has 4 heteroatoms. The van der Waals surface area contributed by atoms with Gasteiger partial charge in [-0.1, -0.05) is 28.9 Å². The minimum Gasteiger partial charge on any atom is -0.481 e. The van der Waals surface area contributed by atoms with Crippen LogP contribution in [0, 0.1) is 18.8 Å². The van der Waals surface area contributed by atoms with Gasteiger partial charge in [-0.3, -0.25) is 9.69 Å². The molecule has 0 saturated carbocycles. The minimum absolute atomic E-state index is 0.223. The summed E-state index contributed by atoms with van der Waals surface area (Å²) in [4.78, 5) is 13.4. The standard InChI is InChI=1S/C15H20BrNO2/c1-10-5-13(15(18)19)9-17(7-10)8-12-3-4-14(16)6-11(12)2/h3-4,6,10,13H,5,7-9H2,1-2H3,(H,18,19). The molecule has 1 saturated heterocycles. The fourth-order valence-electron chi connectivity index (χ4n) is 2.85. The molecule has 0 bridgehead atoms.